The van der Waals surface area contributed by atoms with Crippen molar-refractivity contribution in [2.45, 2.75) is 6.42 Å². The molecule has 0 unspecified atom stereocenters. The van der Waals surface area contributed by atoms with Crippen LogP contribution in [0.2, 0.25) is 5.02 Å². The normalized spacial score (nSPS) is 14.5. The van der Waals surface area contributed by atoms with Gasteiger partial charge in [0.05, 0.1) is 5.56 Å². The van der Waals surface area contributed by atoms with E-state index in [1.165, 1.54) is 5.56 Å². The van der Waals surface area contributed by atoms with Crippen LogP contribution in [0, 0.1) is 0 Å². The topological polar surface area (TPSA) is 77.4 Å². The summed E-state index contributed by atoms with van der Waals surface area (Å²) in [4.78, 5) is 20.7. The minimum absolute atomic E-state index is 0.262. The number of ether oxygens (including phenoxy) is 1. The Labute approximate surface area is 217 Å². The summed E-state index contributed by atoms with van der Waals surface area (Å²) in [6.45, 7) is 5.61. The first-order valence-electron chi connectivity index (χ1n) is 12.1. The number of aliphatic imine (C=N–C) groups is 1. The van der Waals surface area contributed by atoms with Crippen LogP contribution in [-0.4, -0.2) is 72.7 Å². The number of anilines is 1. The Morgan fingerprint density at radius 1 is 0.944 bits per heavy atom. The molecule has 0 aromatic heterocycles. The molecule has 8 heteroatoms. The quantitative estimate of drug-likeness (QED) is 0.322. The second kappa shape index (κ2) is 13.0. The van der Waals surface area contributed by atoms with Gasteiger partial charge in [-0.05, 0) is 60.5 Å². The molecule has 1 fully saturated rings. The number of nitrogens with one attached hydrogen (secondary N) is 1. The number of hydrogen-bond donors (Lipinski definition) is 2. The Kier molecular flexibility index (Phi) is 9.19. The van der Waals surface area contributed by atoms with Crippen LogP contribution in [0.5, 0.6) is 5.75 Å². The van der Waals surface area contributed by atoms with Gasteiger partial charge in [0.2, 0.25) is 0 Å². The first kappa shape index (κ1) is 25.5. The second-order valence-electron chi connectivity index (χ2n) is 8.58. The van der Waals surface area contributed by atoms with Gasteiger partial charge in [0, 0.05) is 50.0 Å². The summed E-state index contributed by atoms with van der Waals surface area (Å²) >= 11 is 5.93. The van der Waals surface area contributed by atoms with Gasteiger partial charge in [-0.2, -0.15) is 0 Å². The van der Waals surface area contributed by atoms with Crippen LogP contribution in [0.3, 0.4) is 0 Å². The number of guanidine groups is 1. The fourth-order valence-electron chi connectivity index (χ4n) is 3.99. The van der Waals surface area contributed by atoms with Crippen molar-refractivity contribution in [3.05, 3.63) is 95.0 Å². The lowest BCUT2D eigenvalue weighted by molar-refractivity contribution is 0.0697. The van der Waals surface area contributed by atoms with Crippen LogP contribution in [0.15, 0.2) is 83.9 Å². The minimum Gasteiger partial charge on any atom is -0.492 e. The first-order chi connectivity index (χ1) is 17.6. The molecule has 4 rings (SSSR count). The molecule has 3 aromatic carbocycles. The van der Waals surface area contributed by atoms with Gasteiger partial charge >= 0.3 is 5.97 Å². The van der Waals surface area contributed by atoms with Gasteiger partial charge in [0.15, 0.2) is 5.96 Å². The van der Waals surface area contributed by atoms with Gasteiger partial charge in [-0.25, -0.2) is 4.79 Å². The van der Waals surface area contributed by atoms with Crippen molar-refractivity contribution in [3.8, 4) is 5.75 Å². The summed E-state index contributed by atoms with van der Waals surface area (Å²) in [5.74, 6) is 0.699. The highest BCUT2D eigenvalue weighted by molar-refractivity contribution is 6.30. The molecule has 1 saturated heterocycles. The Bertz CT molecular complexity index is 1130. The van der Waals surface area contributed by atoms with Gasteiger partial charge in [0.25, 0.3) is 0 Å². The van der Waals surface area contributed by atoms with Crippen molar-refractivity contribution in [3.63, 3.8) is 0 Å². The maximum atomic E-state index is 11.2. The third kappa shape index (κ3) is 7.73. The van der Waals surface area contributed by atoms with E-state index >= 15 is 0 Å². The van der Waals surface area contributed by atoms with E-state index < -0.39 is 5.97 Å². The molecule has 7 nitrogen and oxygen atoms in total. The highest BCUT2D eigenvalue weighted by atomic mass is 35.5. The summed E-state index contributed by atoms with van der Waals surface area (Å²) < 4.78 is 5.85. The molecule has 0 spiro atoms. The van der Waals surface area contributed by atoms with Crippen LogP contribution in [-0.2, 0) is 6.42 Å². The molecule has 0 atom stereocenters. The zero-order valence-corrected chi connectivity index (χ0v) is 20.9. The number of carbonyl (C=O) groups is 1. The Balaban J connectivity index is 1.33. The molecule has 3 aromatic rings. The van der Waals surface area contributed by atoms with Crippen molar-refractivity contribution in [1.29, 1.82) is 0 Å². The molecule has 0 amide bonds. The molecule has 0 saturated carbocycles. The van der Waals surface area contributed by atoms with Gasteiger partial charge < -0.3 is 20.1 Å². The standard InChI is InChI=1S/C28H31ClN4O3/c29-24-8-12-26(13-9-24)36-21-20-32-16-18-33(19-17-32)28(30-15-14-22-4-2-1-3-5-22)31-25-10-6-23(7-11-25)27(34)35/h1-13H,14-21H2,(H,30,31)(H,34,35). The zero-order chi connectivity index (χ0) is 25.2. The molecular formula is C28H31ClN4O3. The Hall–Kier alpha value is -3.55. The molecule has 2 N–H and O–H groups in total. The van der Waals surface area contributed by atoms with Crippen molar-refractivity contribution in [1.82, 2.24) is 9.80 Å². The van der Waals surface area contributed by atoms with E-state index in [2.05, 4.69) is 27.2 Å². The number of aromatic carboxylic acids is 1. The third-order valence-corrected chi connectivity index (χ3v) is 6.31. The number of piperazine rings is 1. The summed E-state index contributed by atoms with van der Waals surface area (Å²) in [5.41, 5.74) is 2.33. The summed E-state index contributed by atoms with van der Waals surface area (Å²) in [6.07, 6.45) is 0.853. The SMILES string of the molecule is O=C(O)c1ccc(NC(=NCCc2ccccc2)N2CCN(CCOc3ccc(Cl)cc3)CC2)cc1. The highest BCUT2D eigenvalue weighted by Gasteiger charge is 2.20. The number of carboxylic acid groups (broad SMARTS) is 1. The molecule has 1 aliphatic rings. The van der Waals surface area contributed by atoms with Crippen molar-refractivity contribution < 1.29 is 14.6 Å². The van der Waals surface area contributed by atoms with Crippen LogP contribution in [0.1, 0.15) is 15.9 Å². The molecule has 188 valence electrons. The van der Waals surface area contributed by atoms with Crippen molar-refractivity contribution >= 4 is 29.2 Å². The van der Waals surface area contributed by atoms with Gasteiger partial charge in [-0.3, -0.25) is 9.89 Å². The molecule has 0 aliphatic carbocycles. The molecule has 36 heavy (non-hydrogen) atoms. The minimum atomic E-state index is -0.936. The molecule has 1 heterocycles. The summed E-state index contributed by atoms with van der Waals surface area (Å²) in [7, 11) is 0. The smallest absolute Gasteiger partial charge is 0.335 e. The highest BCUT2D eigenvalue weighted by Crippen LogP contribution is 2.16. The number of halogens is 1. The van der Waals surface area contributed by atoms with Crippen LogP contribution < -0.4 is 10.1 Å². The molecular weight excluding hydrogens is 476 g/mol. The Morgan fingerprint density at radius 2 is 1.64 bits per heavy atom. The van der Waals surface area contributed by atoms with Crippen LogP contribution in [0.25, 0.3) is 0 Å². The maximum absolute atomic E-state index is 11.2. The van der Waals surface area contributed by atoms with Gasteiger partial charge in [0.1, 0.15) is 12.4 Å². The van der Waals surface area contributed by atoms with E-state index in [9.17, 15) is 9.90 Å². The van der Waals surface area contributed by atoms with Crippen molar-refractivity contribution in [2.24, 2.45) is 4.99 Å². The third-order valence-electron chi connectivity index (χ3n) is 6.05. The van der Waals surface area contributed by atoms with E-state index in [0.29, 0.717) is 18.2 Å². The monoisotopic (exact) mass is 506 g/mol. The number of benzene rings is 3. The zero-order valence-electron chi connectivity index (χ0n) is 20.1. The number of rotatable bonds is 9. The average Bonchev–Trinajstić information content (AvgIpc) is 2.90. The number of carboxylic acids is 1. The molecule has 0 bridgehead atoms. The molecule has 0 radical (unpaired) electrons. The van der Waals surface area contributed by atoms with E-state index in [1.807, 2.05) is 42.5 Å². The predicted molar refractivity (Wildman–Crippen MR) is 144 cm³/mol. The van der Waals surface area contributed by atoms with Gasteiger partial charge in [-0.15, -0.1) is 0 Å². The van der Waals surface area contributed by atoms with E-state index in [0.717, 1.165) is 56.5 Å². The Morgan fingerprint density at radius 3 is 2.31 bits per heavy atom. The average molecular weight is 507 g/mol. The summed E-state index contributed by atoms with van der Waals surface area (Å²) in [5, 5.41) is 13.3. The number of hydrogen-bond acceptors (Lipinski definition) is 4. The van der Waals surface area contributed by atoms with Crippen molar-refractivity contribution in [2.75, 3.05) is 51.2 Å². The van der Waals surface area contributed by atoms with E-state index in [-0.39, 0.29) is 5.56 Å². The second-order valence-corrected chi connectivity index (χ2v) is 9.02. The fourth-order valence-corrected chi connectivity index (χ4v) is 4.11. The number of nitrogens with zero attached hydrogens (tertiary/aromatic N) is 3. The maximum Gasteiger partial charge on any atom is 0.335 e. The predicted octanol–water partition coefficient (Wildman–Crippen LogP) is 4.75. The summed E-state index contributed by atoms with van der Waals surface area (Å²) in [6, 6.07) is 24.5. The fraction of sp³-hybridized carbons (Fsp3) is 0.286. The largest absolute Gasteiger partial charge is 0.492 e. The van der Waals surface area contributed by atoms with E-state index in [1.54, 1.807) is 24.3 Å². The van der Waals surface area contributed by atoms with Gasteiger partial charge in [-0.1, -0.05) is 41.9 Å². The first-order valence-corrected chi connectivity index (χ1v) is 12.5. The molecule has 1 aliphatic heterocycles. The van der Waals surface area contributed by atoms with Crippen LogP contribution in [0.4, 0.5) is 5.69 Å². The lowest BCUT2D eigenvalue weighted by atomic mass is 10.2. The lowest BCUT2D eigenvalue weighted by Crippen LogP contribution is -2.51. The van der Waals surface area contributed by atoms with E-state index in [4.69, 9.17) is 21.3 Å². The van der Waals surface area contributed by atoms with Crippen LogP contribution >= 0.6 is 11.6 Å². The lowest BCUT2D eigenvalue weighted by Gasteiger charge is -2.36.